The summed E-state index contributed by atoms with van der Waals surface area (Å²) in [7, 11) is 1.30. The molecule has 0 bridgehead atoms. The minimum Gasteiger partial charge on any atom is -0.467 e. The molecule has 1 aromatic heterocycles. The number of nitrogen functional groups attached to an aromatic ring is 1. The third-order valence-electron chi connectivity index (χ3n) is 3.47. The summed E-state index contributed by atoms with van der Waals surface area (Å²) in [5.74, 6) is -0.921. The number of amides is 1. The standard InChI is InChI=1S/C17H20N2O3S/c1-10(2)14(17(21)22-3)19-16(20)12-9-13(23-15(12)18)11-7-5-4-6-8-11/h4-10,14H,18H2,1-3H3,(H,19,20)/t14-/m1/s1. The maximum atomic E-state index is 12.5. The molecule has 23 heavy (non-hydrogen) atoms. The highest BCUT2D eigenvalue weighted by atomic mass is 32.1. The van der Waals surface area contributed by atoms with E-state index in [4.69, 9.17) is 10.5 Å². The van der Waals surface area contributed by atoms with Crippen molar-refractivity contribution in [2.45, 2.75) is 19.9 Å². The van der Waals surface area contributed by atoms with E-state index < -0.39 is 12.0 Å². The van der Waals surface area contributed by atoms with E-state index in [1.165, 1.54) is 18.4 Å². The number of hydrogen-bond donors (Lipinski definition) is 2. The van der Waals surface area contributed by atoms with Gasteiger partial charge in [0.05, 0.1) is 17.7 Å². The van der Waals surface area contributed by atoms with E-state index in [1.807, 2.05) is 44.2 Å². The van der Waals surface area contributed by atoms with Crippen LogP contribution < -0.4 is 11.1 Å². The Kier molecular flexibility index (Phi) is 5.39. The molecule has 2 aromatic rings. The lowest BCUT2D eigenvalue weighted by atomic mass is 10.0. The lowest BCUT2D eigenvalue weighted by Gasteiger charge is -2.19. The molecule has 0 aliphatic heterocycles. The van der Waals surface area contributed by atoms with Crippen LogP contribution in [0.15, 0.2) is 36.4 Å². The SMILES string of the molecule is COC(=O)[C@H](NC(=O)c1cc(-c2ccccc2)sc1N)C(C)C. The average molecular weight is 332 g/mol. The fourth-order valence-corrected chi connectivity index (χ4v) is 3.10. The molecule has 2 rings (SSSR count). The number of methoxy groups -OCH3 is 1. The van der Waals surface area contributed by atoms with E-state index in [9.17, 15) is 9.59 Å². The lowest BCUT2D eigenvalue weighted by Crippen LogP contribution is -2.45. The van der Waals surface area contributed by atoms with Gasteiger partial charge in [-0.25, -0.2) is 4.79 Å². The van der Waals surface area contributed by atoms with Gasteiger partial charge in [0.2, 0.25) is 0 Å². The first kappa shape index (κ1) is 17.0. The summed E-state index contributed by atoms with van der Waals surface area (Å²) >= 11 is 1.35. The van der Waals surface area contributed by atoms with E-state index >= 15 is 0 Å². The fourth-order valence-electron chi connectivity index (χ4n) is 2.17. The van der Waals surface area contributed by atoms with E-state index in [0.717, 1.165) is 10.4 Å². The molecule has 3 N–H and O–H groups in total. The second-order valence-corrected chi connectivity index (χ2v) is 6.56. The summed E-state index contributed by atoms with van der Waals surface area (Å²) in [6, 6.07) is 10.7. The number of nitrogens with one attached hydrogen (secondary N) is 1. The third kappa shape index (κ3) is 3.90. The van der Waals surface area contributed by atoms with Crippen LogP contribution in [0.2, 0.25) is 0 Å². The molecule has 0 saturated heterocycles. The normalized spacial score (nSPS) is 12.0. The molecular weight excluding hydrogens is 312 g/mol. The topological polar surface area (TPSA) is 81.4 Å². The van der Waals surface area contributed by atoms with Gasteiger partial charge in [0.15, 0.2) is 0 Å². The molecule has 0 unspecified atom stereocenters. The number of carbonyl (C=O) groups excluding carboxylic acids is 2. The minimum absolute atomic E-state index is 0.0835. The van der Waals surface area contributed by atoms with Gasteiger partial charge < -0.3 is 15.8 Å². The lowest BCUT2D eigenvalue weighted by molar-refractivity contribution is -0.144. The number of carbonyl (C=O) groups is 2. The predicted molar refractivity (Wildman–Crippen MR) is 92.3 cm³/mol. The van der Waals surface area contributed by atoms with Crippen LogP contribution in [0.25, 0.3) is 10.4 Å². The van der Waals surface area contributed by atoms with Crippen LogP contribution >= 0.6 is 11.3 Å². The molecule has 1 atom stereocenters. The maximum Gasteiger partial charge on any atom is 0.328 e. The van der Waals surface area contributed by atoms with Crippen molar-refractivity contribution in [3.8, 4) is 10.4 Å². The Balaban J connectivity index is 2.23. The van der Waals surface area contributed by atoms with E-state index in [-0.39, 0.29) is 11.8 Å². The number of nitrogens with two attached hydrogens (primary N) is 1. The Hall–Kier alpha value is -2.34. The Morgan fingerprint density at radius 2 is 1.87 bits per heavy atom. The molecule has 0 aliphatic rings. The first-order valence-electron chi connectivity index (χ1n) is 7.27. The van der Waals surface area contributed by atoms with Crippen molar-refractivity contribution in [2.24, 2.45) is 5.92 Å². The molecular formula is C17H20N2O3S. The molecule has 5 nitrogen and oxygen atoms in total. The number of hydrogen-bond acceptors (Lipinski definition) is 5. The quantitative estimate of drug-likeness (QED) is 0.825. The second-order valence-electron chi connectivity index (χ2n) is 5.47. The number of ether oxygens (including phenoxy) is 1. The van der Waals surface area contributed by atoms with Gasteiger partial charge in [0, 0.05) is 4.88 Å². The molecule has 1 heterocycles. The summed E-state index contributed by atoms with van der Waals surface area (Å²) in [6.07, 6.45) is 0. The molecule has 0 radical (unpaired) electrons. The zero-order valence-corrected chi connectivity index (χ0v) is 14.1. The van der Waals surface area contributed by atoms with Crippen molar-refractivity contribution < 1.29 is 14.3 Å². The monoisotopic (exact) mass is 332 g/mol. The molecule has 0 aliphatic carbocycles. The van der Waals surface area contributed by atoms with Crippen molar-refractivity contribution in [3.05, 3.63) is 42.0 Å². The molecule has 1 amide bonds. The van der Waals surface area contributed by atoms with Gasteiger partial charge in [0.1, 0.15) is 6.04 Å². The Labute approximate surface area is 139 Å². The second kappa shape index (κ2) is 7.28. The highest BCUT2D eigenvalue weighted by molar-refractivity contribution is 7.19. The fraction of sp³-hybridized carbons (Fsp3) is 0.294. The third-order valence-corrected chi connectivity index (χ3v) is 4.49. The molecule has 0 spiro atoms. The maximum absolute atomic E-state index is 12.5. The number of thiophene rings is 1. The van der Waals surface area contributed by atoms with E-state index in [1.54, 1.807) is 6.07 Å². The van der Waals surface area contributed by atoms with Crippen molar-refractivity contribution in [2.75, 3.05) is 12.8 Å². The van der Waals surface area contributed by atoms with Crippen molar-refractivity contribution in [1.29, 1.82) is 0 Å². The summed E-state index contributed by atoms with van der Waals surface area (Å²) in [5, 5.41) is 3.13. The Bertz CT molecular complexity index is 695. The number of anilines is 1. The molecule has 6 heteroatoms. The summed E-state index contributed by atoms with van der Waals surface area (Å²) in [6.45, 7) is 3.68. The average Bonchev–Trinajstić information content (AvgIpc) is 2.94. The van der Waals surface area contributed by atoms with Crippen LogP contribution in [0.3, 0.4) is 0 Å². The largest absolute Gasteiger partial charge is 0.467 e. The van der Waals surface area contributed by atoms with Gasteiger partial charge >= 0.3 is 5.97 Å². The van der Waals surface area contributed by atoms with Gasteiger partial charge in [-0.1, -0.05) is 44.2 Å². The summed E-state index contributed by atoms with van der Waals surface area (Å²) in [4.78, 5) is 25.1. The molecule has 122 valence electrons. The van der Waals surface area contributed by atoms with Crippen LogP contribution in [0.1, 0.15) is 24.2 Å². The summed E-state index contributed by atoms with van der Waals surface area (Å²) in [5.41, 5.74) is 7.36. The van der Waals surface area contributed by atoms with Crippen molar-refractivity contribution in [1.82, 2.24) is 5.32 Å². The van der Waals surface area contributed by atoms with Crippen LogP contribution in [0.5, 0.6) is 0 Å². The van der Waals surface area contributed by atoms with Gasteiger partial charge in [-0.3, -0.25) is 4.79 Å². The van der Waals surface area contributed by atoms with Crippen molar-refractivity contribution in [3.63, 3.8) is 0 Å². The van der Waals surface area contributed by atoms with E-state index in [2.05, 4.69) is 5.32 Å². The van der Waals surface area contributed by atoms with Crippen LogP contribution in [0, 0.1) is 5.92 Å². The number of benzene rings is 1. The highest BCUT2D eigenvalue weighted by Gasteiger charge is 2.26. The zero-order valence-electron chi connectivity index (χ0n) is 13.3. The highest BCUT2D eigenvalue weighted by Crippen LogP contribution is 2.33. The van der Waals surface area contributed by atoms with Gasteiger partial charge in [-0.15, -0.1) is 11.3 Å². The Morgan fingerprint density at radius 1 is 1.22 bits per heavy atom. The number of rotatable bonds is 5. The molecule has 0 fully saturated rings. The minimum atomic E-state index is -0.702. The Morgan fingerprint density at radius 3 is 2.43 bits per heavy atom. The molecule has 1 aromatic carbocycles. The van der Waals surface area contributed by atoms with E-state index in [0.29, 0.717) is 10.6 Å². The van der Waals surface area contributed by atoms with Gasteiger partial charge in [-0.2, -0.15) is 0 Å². The van der Waals surface area contributed by atoms with Crippen LogP contribution in [0.4, 0.5) is 5.00 Å². The first-order valence-corrected chi connectivity index (χ1v) is 8.09. The number of esters is 1. The van der Waals surface area contributed by atoms with Crippen molar-refractivity contribution >= 4 is 28.2 Å². The smallest absolute Gasteiger partial charge is 0.328 e. The van der Waals surface area contributed by atoms with Crippen LogP contribution in [-0.4, -0.2) is 25.0 Å². The zero-order chi connectivity index (χ0) is 17.0. The summed E-state index contributed by atoms with van der Waals surface area (Å²) < 4.78 is 4.73. The van der Waals surface area contributed by atoms with Gasteiger partial charge in [-0.05, 0) is 17.5 Å². The predicted octanol–water partition coefficient (Wildman–Crippen LogP) is 2.92. The van der Waals surface area contributed by atoms with Crippen LogP contribution in [-0.2, 0) is 9.53 Å². The first-order chi connectivity index (χ1) is 10.9. The van der Waals surface area contributed by atoms with Gasteiger partial charge in [0.25, 0.3) is 5.91 Å². The molecule has 0 saturated carbocycles.